The van der Waals surface area contributed by atoms with Crippen LogP contribution in [0.3, 0.4) is 0 Å². The van der Waals surface area contributed by atoms with Crippen LogP contribution in [-0.4, -0.2) is 34.1 Å². The van der Waals surface area contributed by atoms with Gasteiger partial charge in [-0.25, -0.2) is 14.2 Å². The van der Waals surface area contributed by atoms with Gasteiger partial charge in [-0.3, -0.25) is 9.69 Å². The minimum Gasteiger partial charge on any atom is -0.478 e. The molecular weight excluding hydrogens is 419 g/mol. The van der Waals surface area contributed by atoms with Gasteiger partial charge in [0, 0.05) is 18.7 Å². The van der Waals surface area contributed by atoms with Crippen LogP contribution in [0.1, 0.15) is 21.7 Å². The molecule has 156 valence electrons. The van der Waals surface area contributed by atoms with Gasteiger partial charge in [0.05, 0.1) is 16.2 Å². The summed E-state index contributed by atoms with van der Waals surface area (Å²) in [4.78, 5) is 30.2. The molecule has 1 saturated heterocycles. The average Bonchev–Trinajstić information content (AvgIpc) is 3.30. The maximum Gasteiger partial charge on any atom is 0.335 e. The third kappa shape index (κ3) is 4.29. The number of hydrogen-bond donors (Lipinski definition) is 1. The molecule has 2 aromatic carbocycles. The Kier molecular flexibility index (Phi) is 5.48. The predicted molar refractivity (Wildman–Crippen MR) is 118 cm³/mol. The lowest BCUT2D eigenvalue weighted by molar-refractivity contribution is -0.121. The second-order valence-electron chi connectivity index (χ2n) is 6.89. The fraction of sp³-hybridized carbons (Fsp3) is 0.0870. The summed E-state index contributed by atoms with van der Waals surface area (Å²) in [5, 5.41) is 9.63. The van der Waals surface area contributed by atoms with E-state index in [9.17, 15) is 19.1 Å². The number of nitrogens with zero attached hydrogens (tertiary/aromatic N) is 2. The average molecular weight is 436 g/mol. The van der Waals surface area contributed by atoms with Crippen molar-refractivity contribution in [2.45, 2.75) is 6.92 Å². The molecule has 1 fully saturated rings. The Morgan fingerprint density at radius 2 is 2.00 bits per heavy atom. The van der Waals surface area contributed by atoms with Crippen molar-refractivity contribution in [3.05, 3.63) is 82.2 Å². The van der Waals surface area contributed by atoms with Crippen LogP contribution in [0.2, 0.25) is 0 Å². The molecular formula is C23H17FN2O4S. The quantitative estimate of drug-likeness (QED) is 0.559. The Morgan fingerprint density at radius 1 is 1.19 bits per heavy atom. The van der Waals surface area contributed by atoms with Crippen molar-refractivity contribution in [3.63, 3.8) is 0 Å². The molecule has 0 atom stereocenters. The number of carbonyl (C=O) groups is 2. The molecule has 1 N–H and O–H groups in total. The first-order valence-electron chi connectivity index (χ1n) is 9.28. The highest BCUT2D eigenvalue weighted by atomic mass is 32.2. The lowest BCUT2D eigenvalue weighted by atomic mass is 10.1. The van der Waals surface area contributed by atoms with E-state index in [0.29, 0.717) is 32.8 Å². The summed E-state index contributed by atoms with van der Waals surface area (Å²) in [5.74, 6) is -0.712. The number of thioether (sulfide) groups is 1. The number of amidine groups is 1. The van der Waals surface area contributed by atoms with Gasteiger partial charge in [0.15, 0.2) is 5.17 Å². The van der Waals surface area contributed by atoms with Crippen LogP contribution in [0.5, 0.6) is 0 Å². The van der Waals surface area contributed by atoms with Crippen molar-refractivity contribution < 1.29 is 23.5 Å². The van der Waals surface area contributed by atoms with Crippen LogP contribution in [0, 0.1) is 12.7 Å². The first-order valence-corrected chi connectivity index (χ1v) is 10.1. The summed E-state index contributed by atoms with van der Waals surface area (Å²) in [6.07, 6.45) is 1.61. The summed E-state index contributed by atoms with van der Waals surface area (Å²) in [7, 11) is 1.60. The molecule has 1 aliphatic heterocycles. The summed E-state index contributed by atoms with van der Waals surface area (Å²) < 4.78 is 19.2. The van der Waals surface area contributed by atoms with Crippen molar-refractivity contribution in [1.29, 1.82) is 0 Å². The van der Waals surface area contributed by atoms with Gasteiger partial charge in [-0.05, 0) is 60.6 Å². The lowest BCUT2D eigenvalue weighted by Gasteiger charge is -2.08. The Hall–Kier alpha value is -3.65. The van der Waals surface area contributed by atoms with Crippen LogP contribution in [0.25, 0.3) is 17.4 Å². The number of carbonyl (C=O) groups excluding carboxylic acids is 1. The zero-order chi connectivity index (χ0) is 22.1. The predicted octanol–water partition coefficient (Wildman–Crippen LogP) is 5.33. The largest absolute Gasteiger partial charge is 0.478 e. The molecule has 4 rings (SSSR count). The van der Waals surface area contributed by atoms with Crippen molar-refractivity contribution in [2.24, 2.45) is 4.99 Å². The van der Waals surface area contributed by atoms with Crippen molar-refractivity contribution in [1.82, 2.24) is 4.90 Å². The van der Waals surface area contributed by atoms with Crippen molar-refractivity contribution in [3.8, 4) is 11.3 Å². The fourth-order valence-electron chi connectivity index (χ4n) is 2.97. The second-order valence-corrected chi connectivity index (χ2v) is 7.90. The second kappa shape index (κ2) is 8.23. The molecule has 31 heavy (non-hydrogen) atoms. The molecule has 1 aromatic heterocycles. The first-order chi connectivity index (χ1) is 14.8. The van der Waals surface area contributed by atoms with Gasteiger partial charge in [0.25, 0.3) is 5.91 Å². The molecule has 0 bridgehead atoms. The number of hydrogen-bond acceptors (Lipinski definition) is 5. The number of benzene rings is 2. The van der Waals surface area contributed by atoms with E-state index in [1.165, 1.54) is 40.9 Å². The van der Waals surface area contributed by atoms with Crippen molar-refractivity contribution >= 4 is 40.6 Å². The molecule has 1 amide bonds. The van der Waals surface area contributed by atoms with E-state index in [4.69, 9.17) is 4.42 Å². The smallest absolute Gasteiger partial charge is 0.335 e. The molecule has 6 nitrogen and oxygen atoms in total. The monoisotopic (exact) mass is 436 g/mol. The third-order valence-corrected chi connectivity index (χ3v) is 5.75. The zero-order valence-electron chi connectivity index (χ0n) is 16.6. The summed E-state index contributed by atoms with van der Waals surface area (Å²) in [5.41, 5.74) is 2.00. The van der Waals surface area contributed by atoms with Gasteiger partial charge in [0.2, 0.25) is 0 Å². The molecule has 0 radical (unpaired) electrons. The molecule has 1 aliphatic rings. The number of halogens is 1. The summed E-state index contributed by atoms with van der Waals surface area (Å²) >= 11 is 1.17. The van der Waals surface area contributed by atoms with Gasteiger partial charge < -0.3 is 9.52 Å². The number of carboxylic acid groups (broad SMARTS) is 1. The number of rotatable bonds is 4. The van der Waals surface area contributed by atoms with E-state index in [0.717, 1.165) is 5.56 Å². The Morgan fingerprint density at radius 3 is 2.74 bits per heavy atom. The lowest BCUT2D eigenvalue weighted by Crippen LogP contribution is -2.23. The number of carboxylic acids is 1. The Balaban J connectivity index is 1.62. The highest BCUT2D eigenvalue weighted by Crippen LogP contribution is 2.35. The molecule has 0 aliphatic carbocycles. The highest BCUT2D eigenvalue weighted by molar-refractivity contribution is 8.18. The standard InChI is InChI=1S/C23H17FN2O4S/c1-13-6-7-15(22(28)29)11-18(13)25-23-26(2)21(27)20(31-23)12-17-8-9-19(30-17)14-4-3-5-16(24)10-14/h3-12H,1-2H3,(H,28,29)/b20-12-,25-23?. The molecule has 0 spiro atoms. The summed E-state index contributed by atoms with van der Waals surface area (Å²) in [6, 6.07) is 14.1. The minimum atomic E-state index is -1.04. The van der Waals surface area contributed by atoms with Crippen LogP contribution >= 0.6 is 11.8 Å². The number of furan rings is 1. The Labute approximate surface area is 181 Å². The van der Waals surface area contributed by atoms with Crippen molar-refractivity contribution in [2.75, 3.05) is 7.05 Å². The van der Waals surface area contributed by atoms with E-state index in [1.54, 1.807) is 43.5 Å². The number of aliphatic imine (C=N–C) groups is 1. The number of amides is 1. The number of aromatic carboxylic acids is 1. The fourth-order valence-corrected chi connectivity index (χ4v) is 3.93. The number of aryl methyl sites for hydroxylation is 1. The van der Waals surface area contributed by atoms with Crippen LogP contribution < -0.4 is 0 Å². The molecule has 0 saturated carbocycles. The van der Waals surface area contributed by atoms with Gasteiger partial charge in [-0.1, -0.05) is 18.2 Å². The van der Waals surface area contributed by atoms with Gasteiger partial charge in [-0.15, -0.1) is 0 Å². The Bertz CT molecular complexity index is 1260. The van der Waals surface area contributed by atoms with E-state index in [2.05, 4.69) is 4.99 Å². The first kappa shape index (κ1) is 20.6. The van der Waals surface area contributed by atoms with E-state index < -0.39 is 5.97 Å². The van der Waals surface area contributed by atoms with Crippen LogP contribution in [0.4, 0.5) is 10.1 Å². The van der Waals surface area contributed by atoms with Gasteiger partial charge in [-0.2, -0.15) is 0 Å². The highest BCUT2D eigenvalue weighted by Gasteiger charge is 2.31. The van der Waals surface area contributed by atoms with Gasteiger partial charge in [0.1, 0.15) is 17.3 Å². The maximum atomic E-state index is 13.4. The molecule has 8 heteroatoms. The SMILES string of the molecule is Cc1ccc(C(=O)O)cc1N=C1S/C(=C\c2ccc(-c3cccc(F)c3)o2)C(=O)N1C. The van der Waals surface area contributed by atoms with Gasteiger partial charge >= 0.3 is 5.97 Å². The van der Waals surface area contributed by atoms with E-state index >= 15 is 0 Å². The normalized spacial score (nSPS) is 16.5. The maximum absolute atomic E-state index is 13.4. The molecule has 2 heterocycles. The topological polar surface area (TPSA) is 83.1 Å². The van der Waals surface area contributed by atoms with Crippen LogP contribution in [0.15, 0.2) is 68.9 Å². The zero-order valence-corrected chi connectivity index (χ0v) is 17.4. The van der Waals surface area contributed by atoms with E-state index in [1.807, 2.05) is 6.92 Å². The molecule has 3 aromatic rings. The summed E-state index contributed by atoms with van der Waals surface area (Å²) in [6.45, 7) is 1.82. The molecule has 0 unspecified atom stereocenters. The van der Waals surface area contributed by atoms with Crippen LogP contribution in [-0.2, 0) is 4.79 Å². The number of likely N-dealkylation sites (N-methyl/N-ethyl adjacent to an activating group) is 1. The third-order valence-electron chi connectivity index (χ3n) is 4.69. The minimum absolute atomic E-state index is 0.123. The van der Waals surface area contributed by atoms with E-state index in [-0.39, 0.29) is 17.3 Å².